The third-order valence-electron chi connectivity index (χ3n) is 2.37. The summed E-state index contributed by atoms with van der Waals surface area (Å²) in [6, 6.07) is 0. The molecule has 6 nitrogen and oxygen atoms in total. The van der Waals surface area contributed by atoms with E-state index in [2.05, 4.69) is 9.82 Å². The summed E-state index contributed by atoms with van der Waals surface area (Å²) < 4.78 is 27.8. The first-order valence-corrected chi connectivity index (χ1v) is 6.82. The number of nitrogens with two attached hydrogens (primary N) is 1. The zero-order valence-corrected chi connectivity index (χ0v) is 10.4. The van der Waals surface area contributed by atoms with Gasteiger partial charge in [-0.1, -0.05) is 6.92 Å². The van der Waals surface area contributed by atoms with Crippen molar-refractivity contribution in [2.24, 2.45) is 5.73 Å². The lowest BCUT2D eigenvalue weighted by atomic mass is 10.3. The highest BCUT2D eigenvalue weighted by molar-refractivity contribution is 7.93. The van der Waals surface area contributed by atoms with Gasteiger partial charge in [-0.15, -0.1) is 0 Å². The predicted octanol–water partition coefficient (Wildman–Crippen LogP) is 0.382. The Morgan fingerprint density at radius 1 is 1.56 bits per heavy atom. The summed E-state index contributed by atoms with van der Waals surface area (Å²) in [5, 5.41) is 3.43. The molecule has 0 bridgehead atoms. The fourth-order valence-corrected chi connectivity index (χ4v) is 2.64. The monoisotopic (exact) mass is 246 g/mol. The number of anilines is 1. The number of hydrogen-bond acceptors (Lipinski definition) is 4. The average Bonchev–Trinajstić information content (AvgIpc) is 2.66. The Hall–Kier alpha value is -1.08. The van der Waals surface area contributed by atoms with Crippen LogP contribution >= 0.6 is 0 Å². The van der Waals surface area contributed by atoms with Gasteiger partial charge in [0.2, 0.25) is 10.0 Å². The number of nitrogens with zero attached hydrogens (tertiary/aromatic N) is 2. The van der Waals surface area contributed by atoms with E-state index in [0.29, 0.717) is 18.7 Å². The Kier molecular flexibility index (Phi) is 4.31. The van der Waals surface area contributed by atoms with Crippen LogP contribution in [0.1, 0.15) is 20.3 Å². The summed E-state index contributed by atoms with van der Waals surface area (Å²) in [6.07, 6.45) is 3.64. The van der Waals surface area contributed by atoms with Crippen LogP contribution in [0.3, 0.4) is 0 Å². The van der Waals surface area contributed by atoms with E-state index in [-0.39, 0.29) is 6.54 Å². The lowest BCUT2D eigenvalue weighted by Crippen LogP contribution is -2.33. The van der Waals surface area contributed by atoms with Crippen molar-refractivity contribution < 1.29 is 8.42 Å². The van der Waals surface area contributed by atoms with Crippen LogP contribution in [0, 0.1) is 0 Å². The fourth-order valence-electron chi connectivity index (χ4n) is 1.35. The first-order chi connectivity index (χ1) is 7.53. The van der Waals surface area contributed by atoms with Crippen molar-refractivity contribution in [2.75, 3.05) is 11.3 Å². The minimum Gasteiger partial charge on any atom is -0.329 e. The van der Waals surface area contributed by atoms with Gasteiger partial charge in [-0.3, -0.25) is 9.40 Å². The highest BCUT2D eigenvalue weighted by Gasteiger charge is 2.22. The van der Waals surface area contributed by atoms with E-state index in [1.165, 1.54) is 6.20 Å². The highest BCUT2D eigenvalue weighted by atomic mass is 32.2. The highest BCUT2D eigenvalue weighted by Crippen LogP contribution is 2.12. The smallest absolute Gasteiger partial charge is 0.236 e. The van der Waals surface area contributed by atoms with Gasteiger partial charge in [-0.25, -0.2) is 8.42 Å². The van der Waals surface area contributed by atoms with E-state index in [0.717, 1.165) is 0 Å². The molecule has 92 valence electrons. The quantitative estimate of drug-likeness (QED) is 0.759. The molecule has 0 fully saturated rings. The molecule has 1 unspecified atom stereocenters. The van der Waals surface area contributed by atoms with Gasteiger partial charge >= 0.3 is 0 Å². The minimum atomic E-state index is -3.40. The van der Waals surface area contributed by atoms with Crippen LogP contribution in [0.2, 0.25) is 0 Å². The lowest BCUT2D eigenvalue weighted by Gasteiger charge is -2.13. The van der Waals surface area contributed by atoms with Crippen molar-refractivity contribution >= 4 is 15.7 Å². The largest absolute Gasteiger partial charge is 0.329 e. The molecular formula is C9H18N4O2S. The summed E-state index contributed by atoms with van der Waals surface area (Å²) in [6.45, 7) is 4.55. The van der Waals surface area contributed by atoms with Gasteiger partial charge in [-0.05, 0) is 13.3 Å². The second kappa shape index (κ2) is 5.31. The Morgan fingerprint density at radius 2 is 2.25 bits per heavy atom. The van der Waals surface area contributed by atoms with Gasteiger partial charge in [0.25, 0.3) is 0 Å². The van der Waals surface area contributed by atoms with E-state index in [4.69, 9.17) is 5.73 Å². The molecule has 0 aromatic carbocycles. The van der Waals surface area contributed by atoms with Crippen molar-refractivity contribution in [3.8, 4) is 0 Å². The Morgan fingerprint density at radius 3 is 2.69 bits per heavy atom. The topological polar surface area (TPSA) is 90.0 Å². The van der Waals surface area contributed by atoms with Crippen LogP contribution in [0.5, 0.6) is 0 Å². The van der Waals surface area contributed by atoms with Gasteiger partial charge in [0.05, 0.1) is 17.1 Å². The number of hydrogen-bond donors (Lipinski definition) is 2. The molecule has 0 aliphatic carbocycles. The molecule has 1 rings (SSSR count). The van der Waals surface area contributed by atoms with E-state index in [1.54, 1.807) is 17.8 Å². The van der Waals surface area contributed by atoms with E-state index < -0.39 is 15.3 Å². The maximum Gasteiger partial charge on any atom is 0.236 e. The number of aromatic nitrogens is 2. The summed E-state index contributed by atoms with van der Waals surface area (Å²) in [7, 11) is -3.40. The van der Waals surface area contributed by atoms with Crippen molar-refractivity contribution in [2.45, 2.75) is 32.1 Å². The Labute approximate surface area is 95.9 Å². The lowest BCUT2D eigenvalue weighted by molar-refractivity contribution is 0.581. The number of nitrogens with one attached hydrogen (secondary N) is 1. The maximum atomic E-state index is 11.8. The minimum absolute atomic E-state index is 0.119. The number of aryl methyl sites for hydroxylation is 1. The third-order valence-corrected chi connectivity index (χ3v) is 4.30. The van der Waals surface area contributed by atoms with Crippen LogP contribution in [0.15, 0.2) is 12.4 Å². The van der Waals surface area contributed by atoms with Crippen molar-refractivity contribution in [3.05, 3.63) is 12.4 Å². The van der Waals surface area contributed by atoms with Crippen molar-refractivity contribution in [3.63, 3.8) is 0 Å². The first-order valence-electron chi connectivity index (χ1n) is 5.27. The second-order valence-corrected chi connectivity index (χ2v) is 5.46. The maximum absolute atomic E-state index is 11.8. The summed E-state index contributed by atoms with van der Waals surface area (Å²) in [4.78, 5) is 0. The molecule has 0 aliphatic rings. The number of rotatable bonds is 6. The molecule has 0 saturated carbocycles. The summed E-state index contributed by atoms with van der Waals surface area (Å²) >= 11 is 0. The molecule has 1 aromatic rings. The second-order valence-electron chi connectivity index (χ2n) is 3.50. The van der Waals surface area contributed by atoms with Crippen molar-refractivity contribution in [1.29, 1.82) is 0 Å². The molecule has 16 heavy (non-hydrogen) atoms. The van der Waals surface area contributed by atoms with Crippen LogP contribution in [-0.4, -0.2) is 30.0 Å². The standard InChI is InChI=1S/C9H18N4O2S/c1-3-9(5-10)16(14,15)12-8-6-11-13(4-2)7-8/h6-7,9,12H,3-5,10H2,1-2H3. The summed E-state index contributed by atoms with van der Waals surface area (Å²) in [5.74, 6) is 0. The molecule has 0 saturated heterocycles. The average molecular weight is 246 g/mol. The molecule has 1 atom stereocenters. The SMILES string of the molecule is CCC(CN)S(=O)(=O)Nc1cnn(CC)c1. The zero-order valence-electron chi connectivity index (χ0n) is 9.55. The van der Waals surface area contributed by atoms with Gasteiger partial charge < -0.3 is 5.73 Å². The van der Waals surface area contributed by atoms with Crippen LogP contribution in [-0.2, 0) is 16.6 Å². The van der Waals surface area contributed by atoms with E-state index in [1.807, 2.05) is 6.92 Å². The molecule has 0 radical (unpaired) electrons. The normalized spacial score (nSPS) is 13.7. The Bertz CT molecular complexity index is 422. The third kappa shape index (κ3) is 2.96. The van der Waals surface area contributed by atoms with Crippen LogP contribution in [0.4, 0.5) is 5.69 Å². The predicted molar refractivity (Wildman–Crippen MR) is 63.6 cm³/mol. The molecule has 1 heterocycles. The van der Waals surface area contributed by atoms with Gasteiger partial charge in [0.1, 0.15) is 0 Å². The molecule has 3 N–H and O–H groups in total. The molecule has 0 aliphatic heterocycles. The van der Waals surface area contributed by atoms with Crippen molar-refractivity contribution in [1.82, 2.24) is 9.78 Å². The number of sulfonamides is 1. The van der Waals surface area contributed by atoms with E-state index in [9.17, 15) is 8.42 Å². The first kappa shape index (κ1) is 13.0. The van der Waals surface area contributed by atoms with Gasteiger partial charge in [0, 0.05) is 19.3 Å². The van der Waals surface area contributed by atoms with Crippen LogP contribution < -0.4 is 10.5 Å². The van der Waals surface area contributed by atoms with Crippen LogP contribution in [0.25, 0.3) is 0 Å². The molecule has 0 amide bonds. The molecular weight excluding hydrogens is 228 g/mol. The van der Waals surface area contributed by atoms with Gasteiger partial charge in [0.15, 0.2) is 0 Å². The fraction of sp³-hybridized carbons (Fsp3) is 0.667. The summed E-state index contributed by atoms with van der Waals surface area (Å²) in [5.41, 5.74) is 5.89. The van der Waals surface area contributed by atoms with Gasteiger partial charge in [-0.2, -0.15) is 5.10 Å². The molecule has 7 heteroatoms. The van der Waals surface area contributed by atoms with E-state index >= 15 is 0 Å². The molecule has 1 aromatic heterocycles. The Balaban J connectivity index is 2.79. The molecule has 0 spiro atoms. The zero-order chi connectivity index (χ0) is 12.2.